The molecule has 0 radical (unpaired) electrons. The number of carbonyl (C=O) groups is 1. The Labute approximate surface area is 189 Å². The van der Waals surface area contributed by atoms with Crippen LogP contribution < -0.4 is 9.64 Å². The second-order valence-corrected chi connectivity index (χ2v) is 8.31. The summed E-state index contributed by atoms with van der Waals surface area (Å²) in [5, 5.41) is 0. The van der Waals surface area contributed by atoms with Gasteiger partial charge in [0.15, 0.2) is 5.82 Å². The van der Waals surface area contributed by atoms with Crippen molar-refractivity contribution in [3.8, 4) is 17.1 Å². The number of likely N-dealkylation sites (tertiary alicyclic amines) is 1. The lowest BCUT2D eigenvalue weighted by Gasteiger charge is -2.33. The summed E-state index contributed by atoms with van der Waals surface area (Å²) in [6.07, 6.45) is 5.84. The number of ether oxygens (including phenoxy) is 1. The molecule has 166 valence electrons. The third kappa shape index (κ3) is 5.04. The van der Waals surface area contributed by atoms with Crippen LogP contribution in [-0.2, 0) is 11.2 Å². The molecule has 2 aromatic heterocycles. The average Bonchev–Trinajstić information content (AvgIpc) is 2.84. The van der Waals surface area contributed by atoms with Crippen molar-refractivity contribution in [3.63, 3.8) is 0 Å². The summed E-state index contributed by atoms with van der Waals surface area (Å²) >= 11 is 0. The van der Waals surface area contributed by atoms with Gasteiger partial charge in [-0.3, -0.25) is 9.78 Å². The molecule has 0 spiro atoms. The van der Waals surface area contributed by atoms with Crippen LogP contribution in [-0.4, -0.2) is 60.1 Å². The molecule has 7 heteroatoms. The highest BCUT2D eigenvalue weighted by atomic mass is 16.5. The number of rotatable bonds is 6. The number of hydrogen-bond acceptors (Lipinski definition) is 6. The molecule has 7 nitrogen and oxygen atoms in total. The van der Waals surface area contributed by atoms with Crippen LogP contribution in [0.2, 0.25) is 0 Å². The zero-order valence-electron chi connectivity index (χ0n) is 18.9. The minimum atomic E-state index is 0.138. The fourth-order valence-corrected chi connectivity index (χ4v) is 4.03. The molecule has 32 heavy (non-hydrogen) atoms. The van der Waals surface area contributed by atoms with Crippen LogP contribution in [0, 0.1) is 0 Å². The maximum Gasteiger partial charge on any atom is 0.227 e. The van der Waals surface area contributed by atoms with E-state index >= 15 is 0 Å². The maximum absolute atomic E-state index is 13.0. The minimum absolute atomic E-state index is 0.138. The van der Waals surface area contributed by atoms with Crippen molar-refractivity contribution < 1.29 is 9.53 Å². The Hall–Kier alpha value is -3.48. The van der Waals surface area contributed by atoms with Crippen LogP contribution in [0.5, 0.6) is 5.75 Å². The lowest BCUT2D eigenvalue weighted by atomic mass is 9.93. The molecular formula is C25H29N5O2. The van der Waals surface area contributed by atoms with Gasteiger partial charge >= 0.3 is 0 Å². The van der Waals surface area contributed by atoms with Gasteiger partial charge in [-0.05, 0) is 42.7 Å². The molecule has 0 bridgehead atoms. The van der Waals surface area contributed by atoms with E-state index in [0.29, 0.717) is 18.8 Å². The summed E-state index contributed by atoms with van der Waals surface area (Å²) in [7, 11) is 5.60. The molecule has 1 saturated heterocycles. The Morgan fingerprint density at radius 3 is 2.72 bits per heavy atom. The lowest BCUT2D eigenvalue weighted by Crippen LogP contribution is -2.40. The Kier molecular flexibility index (Phi) is 6.63. The SMILES string of the molecule is COc1cccc(CC(=O)N2CCCC(c3cc(N(C)C)nc(-c4ccncc4)n3)C2)c1. The molecule has 3 heterocycles. The zero-order chi connectivity index (χ0) is 22.5. The topological polar surface area (TPSA) is 71.5 Å². The van der Waals surface area contributed by atoms with E-state index in [1.54, 1.807) is 19.5 Å². The quantitative estimate of drug-likeness (QED) is 0.594. The molecule has 3 aromatic rings. The third-order valence-corrected chi connectivity index (χ3v) is 5.81. The van der Waals surface area contributed by atoms with Crippen molar-refractivity contribution in [2.24, 2.45) is 0 Å². The van der Waals surface area contributed by atoms with E-state index in [0.717, 1.165) is 47.8 Å². The van der Waals surface area contributed by atoms with Gasteiger partial charge in [0, 0.05) is 57.1 Å². The normalized spacial score (nSPS) is 16.0. The molecule has 1 fully saturated rings. The Bertz CT molecular complexity index is 1070. The van der Waals surface area contributed by atoms with Gasteiger partial charge in [0.1, 0.15) is 11.6 Å². The predicted octanol–water partition coefficient (Wildman–Crippen LogP) is 3.56. The van der Waals surface area contributed by atoms with Crippen LogP contribution in [0.4, 0.5) is 5.82 Å². The van der Waals surface area contributed by atoms with Crippen LogP contribution in [0.1, 0.15) is 30.0 Å². The Morgan fingerprint density at radius 2 is 1.97 bits per heavy atom. The standard InChI is InChI=1S/C25H29N5O2/c1-29(2)23-16-22(27-25(28-23)19-9-11-26-12-10-19)20-7-5-13-30(17-20)24(31)15-18-6-4-8-21(14-18)32-3/h4,6,8-12,14,16,20H,5,7,13,15,17H2,1-3H3. The number of amides is 1. The molecule has 1 unspecified atom stereocenters. The number of nitrogens with zero attached hydrogens (tertiary/aromatic N) is 5. The Balaban J connectivity index is 1.54. The second kappa shape index (κ2) is 9.77. The van der Waals surface area contributed by atoms with E-state index in [1.807, 2.05) is 66.4 Å². The highest BCUT2D eigenvalue weighted by molar-refractivity contribution is 5.79. The molecule has 1 atom stereocenters. The fourth-order valence-electron chi connectivity index (χ4n) is 4.03. The van der Waals surface area contributed by atoms with Crippen LogP contribution in [0.15, 0.2) is 54.9 Å². The van der Waals surface area contributed by atoms with Gasteiger partial charge in [0.25, 0.3) is 0 Å². The maximum atomic E-state index is 13.0. The number of carbonyl (C=O) groups excluding carboxylic acids is 1. The molecule has 0 N–H and O–H groups in total. The molecular weight excluding hydrogens is 402 g/mol. The lowest BCUT2D eigenvalue weighted by molar-refractivity contribution is -0.131. The predicted molar refractivity (Wildman–Crippen MR) is 125 cm³/mol. The van der Waals surface area contributed by atoms with Gasteiger partial charge in [0.05, 0.1) is 19.2 Å². The first-order chi connectivity index (χ1) is 15.5. The number of pyridine rings is 1. The second-order valence-electron chi connectivity index (χ2n) is 8.31. The van der Waals surface area contributed by atoms with E-state index in [1.165, 1.54) is 0 Å². The molecule has 1 amide bonds. The van der Waals surface area contributed by atoms with E-state index < -0.39 is 0 Å². The van der Waals surface area contributed by atoms with Crippen molar-refractivity contribution in [2.75, 3.05) is 39.2 Å². The fraction of sp³-hybridized carbons (Fsp3) is 0.360. The number of aromatic nitrogens is 3. The van der Waals surface area contributed by atoms with Gasteiger partial charge in [-0.1, -0.05) is 12.1 Å². The van der Waals surface area contributed by atoms with Gasteiger partial charge in [-0.2, -0.15) is 0 Å². The van der Waals surface area contributed by atoms with Crippen molar-refractivity contribution >= 4 is 11.7 Å². The average molecular weight is 432 g/mol. The van der Waals surface area contributed by atoms with Crippen LogP contribution in [0.3, 0.4) is 0 Å². The first-order valence-corrected chi connectivity index (χ1v) is 10.9. The molecule has 0 aliphatic carbocycles. The molecule has 1 aromatic carbocycles. The summed E-state index contributed by atoms with van der Waals surface area (Å²) in [5.41, 5.74) is 2.88. The van der Waals surface area contributed by atoms with Crippen LogP contribution in [0.25, 0.3) is 11.4 Å². The molecule has 1 aliphatic heterocycles. The third-order valence-electron chi connectivity index (χ3n) is 5.81. The summed E-state index contributed by atoms with van der Waals surface area (Å²) in [6, 6.07) is 13.6. The van der Waals surface area contributed by atoms with Crippen molar-refractivity contribution in [1.82, 2.24) is 19.9 Å². The van der Waals surface area contributed by atoms with E-state index in [4.69, 9.17) is 14.7 Å². The summed E-state index contributed by atoms with van der Waals surface area (Å²) in [6.45, 7) is 1.45. The highest BCUT2D eigenvalue weighted by Crippen LogP contribution is 2.30. The number of piperidine rings is 1. The van der Waals surface area contributed by atoms with E-state index in [-0.39, 0.29) is 11.8 Å². The largest absolute Gasteiger partial charge is 0.497 e. The summed E-state index contributed by atoms with van der Waals surface area (Å²) in [4.78, 5) is 30.7. The molecule has 0 saturated carbocycles. The molecule has 1 aliphatic rings. The van der Waals surface area contributed by atoms with Gasteiger partial charge in [-0.25, -0.2) is 9.97 Å². The number of hydrogen-bond donors (Lipinski definition) is 0. The number of methoxy groups -OCH3 is 1. The number of benzene rings is 1. The Morgan fingerprint density at radius 1 is 1.16 bits per heavy atom. The van der Waals surface area contributed by atoms with Gasteiger partial charge in [0.2, 0.25) is 5.91 Å². The first-order valence-electron chi connectivity index (χ1n) is 10.9. The summed E-state index contributed by atoms with van der Waals surface area (Å²) in [5.74, 6) is 2.64. The highest BCUT2D eigenvalue weighted by Gasteiger charge is 2.27. The van der Waals surface area contributed by atoms with Crippen molar-refractivity contribution in [2.45, 2.75) is 25.2 Å². The number of anilines is 1. The van der Waals surface area contributed by atoms with E-state index in [2.05, 4.69) is 4.98 Å². The van der Waals surface area contributed by atoms with Gasteiger partial charge < -0.3 is 14.5 Å². The van der Waals surface area contributed by atoms with Gasteiger partial charge in [-0.15, -0.1) is 0 Å². The van der Waals surface area contributed by atoms with Crippen molar-refractivity contribution in [1.29, 1.82) is 0 Å². The smallest absolute Gasteiger partial charge is 0.227 e. The van der Waals surface area contributed by atoms with Crippen molar-refractivity contribution in [3.05, 3.63) is 66.1 Å². The summed E-state index contributed by atoms with van der Waals surface area (Å²) < 4.78 is 5.29. The molecule has 4 rings (SSSR count). The first kappa shape index (κ1) is 21.7. The zero-order valence-corrected chi connectivity index (χ0v) is 18.9. The monoisotopic (exact) mass is 431 g/mol. The van der Waals surface area contributed by atoms with Crippen LogP contribution >= 0.6 is 0 Å². The minimum Gasteiger partial charge on any atom is -0.497 e. The van der Waals surface area contributed by atoms with E-state index in [9.17, 15) is 4.79 Å².